The zero-order chi connectivity index (χ0) is 20.5. The Hall–Kier alpha value is -3.73. The fourth-order valence-electron chi connectivity index (χ4n) is 4.12. The van der Waals surface area contributed by atoms with Crippen LogP contribution < -0.4 is 10.9 Å². The number of aromatic nitrogens is 2. The summed E-state index contributed by atoms with van der Waals surface area (Å²) in [6.45, 7) is 0.462. The van der Waals surface area contributed by atoms with Crippen LogP contribution in [0.3, 0.4) is 0 Å². The summed E-state index contributed by atoms with van der Waals surface area (Å²) in [5, 5.41) is 3.59. The molecule has 30 heavy (non-hydrogen) atoms. The molecule has 0 atom stereocenters. The van der Waals surface area contributed by atoms with Crippen molar-refractivity contribution in [3.63, 3.8) is 0 Å². The first-order chi connectivity index (χ1) is 14.7. The quantitative estimate of drug-likeness (QED) is 0.480. The van der Waals surface area contributed by atoms with Crippen molar-refractivity contribution in [3.8, 4) is 11.1 Å². The number of hydrogen-bond donors (Lipinski definition) is 1. The van der Waals surface area contributed by atoms with Gasteiger partial charge in [-0.15, -0.1) is 0 Å². The summed E-state index contributed by atoms with van der Waals surface area (Å²) in [7, 11) is 0. The molecule has 5 heteroatoms. The van der Waals surface area contributed by atoms with E-state index in [1.54, 1.807) is 17.0 Å². The number of aryl methyl sites for hydroxylation is 1. The van der Waals surface area contributed by atoms with Gasteiger partial charge in [0, 0.05) is 18.7 Å². The number of hydrogen-bond acceptors (Lipinski definition) is 3. The highest BCUT2D eigenvalue weighted by Crippen LogP contribution is 2.37. The molecular formula is C25H21N3O2. The molecule has 0 saturated heterocycles. The molecule has 148 valence electrons. The van der Waals surface area contributed by atoms with Gasteiger partial charge in [-0.1, -0.05) is 42.5 Å². The van der Waals surface area contributed by atoms with Crippen LogP contribution in [0.5, 0.6) is 0 Å². The van der Waals surface area contributed by atoms with E-state index in [4.69, 9.17) is 0 Å². The SMILES string of the molecule is O=C(CCCn1cnc2ccccc2c1=O)Nc1ccc2c(c1)Cc1ccccc1-2. The number of carbonyl (C=O) groups excluding carboxylic acids is 1. The summed E-state index contributed by atoms with van der Waals surface area (Å²) < 4.78 is 1.57. The van der Waals surface area contributed by atoms with Gasteiger partial charge in [-0.25, -0.2) is 4.98 Å². The average Bonchev–Trinajstić information content (AvgIpc) is 3.13. The van der Waals surface area contributed by atoms with Crippen LogP contribution in [-0.4, -0.2) is 15.5 Å². The molecule has 0 aliphatic heterocycles. The van der Waals surface area contributed by atoms with E-state index in [-0.39, 0.29) is 11.5 Å². The van der Waals surface area contributed by atoms with Crippen LogP contribution in [0.2, 0.25) is 0 Å². The minimum atomic E-state index is -0.0702. The van der Waals surface area contributed by atoms with Crippen molar-refractivity contribution >= 4 is 22.5 Å². The van der Waals surface area contributed by atoms with Crippen LogP contribution >= 0.6 is 0 Å². The van der Waals surface area contributed by atoms with Crippen molar-refractivity contribution in [1.29, 1.82) is 0 Å². The van der Waals surface area contributed by atoms with Gasteiger partial charge in [-0.2, -0.15) is 0 Å². The first-order valence-electron chi connectivity index (χ1n) is 10.1. The predicted molar refractivity (Wildman–Crippen MR) is 119 cm³/mol. The lowest BCUT2D eigenvalue weighted by molar-refractivity contribution is -0.116. The molecule has 1 N–H and O–H groups in total. The van der Waals surface area contributed by atoms with Crippen molar-refractivity contribution < 1.29 is 4.79 Å². The van der Waals surface area contributed by atoms with Crippen molar-refractivity contribution in [2.75, 3.05) is 5.32 Å². The van der Waals surface area contributed by atoms with E-state index in [2.05, 4.69) is 46.7 Å². The Balaban J connectivity index is 1.21. The van der Waals surface area contributed by atoms with E-state index in [1.165, 1.54) is 22.3 Å². The number of nitrogens with zero attached hydrogens (tertiary/aromatic N) is 2. The van der Waals surface area contributed by atoms with Crippen LogP contribution in [0.4, 0.5) is 5.69 Å². The highest BCUT2D eigenvalue weighted by Gasteiger charge is 2.18. The smallest absolute Gasteiger partial charge is 0.261 e. The van der Waals surface area contributed by atoms with E-state index < -0.39 is 0 Å². The second-order valence-electron chi connectivity index (χ2n) is 7.62. The van der Waals surface area contributed by atoms with Gasteiger partial charge in [-0.3, -0.25) is 14.2 Å². The topological polar surface area (TPSA) is 64.0 Å². The number of para-hydroxylation sites is 1. The molecule has 0 bridgehead atoms. The lowest BCUT2D eigenvalue weighted by Gasteiger charge is -2.09. The number of benzene rings is 3. The highest BCUT2D eigenvalue weighted by atomic mass is 16.1. The number of nitrogens with one attached hydrogen (secondary N) is 1. The van der Waals surface area contributed by atoms with Gasteiger partial charge in [-0.05, 0) is 59.4 Å². The summed E-state index contributed by atoms with van der Waals surface area (Å²) in [6, 6.07) is 21.8. The van der Waals surface area contributed by atoms with Crippen molar-refractivity contribution in [3.05, 3.63) is 94.5 Å². The first kappa shape index (κ1) is 18.3. The minimum Gasteiger partial charge on any atom is -0.326 e. The molecule has 4 aromatic rings. The standard InChI is InChI=1S/C25H21N3O2/c29-24(10-5-13-28-16-26-23-9-4-3-8-22(23)25(28)30)27-19-11-12-21-18(15-19)14-17-6-1-2-7-20(17)21/h1-4,6-9,11-12,15-16H,5,10,13-14H2,(H,27,29). The van der Waals surface area contributed by atoms with Gasteiger partial charge in [0.1, 0.15) is 0 Å². The Morgan fingerprint density at radius 1 is 0.967 bits per heavy atom. The molecule has 0 fully saturated rings. The summed E-state index contributed by atoms with van der Waals surface area (Å²) in [5.74, 6) is -0.0488. The highest BCUT2D eigenvalue weighted by molar-refractivity contribution is 5.91. The van der Waals surface area contributed by atoms with Gasteiger partial charge in [0.25, 0.3) is 5.56 Å². The maximum atomic E-state index is 12.5. The fourth-order valence-corrected chi connectivity index (χ4v) is 4.12. The van der Waals surface area contributed by atoms with Crippen molar-refractivity contribution in [1.82, 2.24) is 9.55 Å². The first-order valence-corrected chi connectivity index (χ1v) is 10.1. The third-order valence-corrected chi connectivity index (χ3v) is 5.61. The van der Waals surface area contributed by atoms with E-state index >= 15 is 0 Å². The second-order valence-corrected chi connectivity index (χ2v) is 7.62. The number of anilines is 1. The second kappa shape index (κ2) is 7.59. The van der Waals surface area contributed by atoms with Gasteiger partial charge in [0.15, 0.2) is 0 Å². The lowest BCUT2D eigenvalue weighted by Crippen LogP contribution is -2.21. The molecule has 1 heterocycles. The Labute approximate surface area is 174 Å². The Morgan fingerprint density at radius 2 is 1.77 bits per heavy atom. The zero-order valence-corrected chi connectivity index (χ0v) is 16.5. The van der Waals surface area contributed by atoms with Gasteiger partial charge in [0.05, 0.1) is 17.2 Å². The monoisotopic (exact) mass is 395 g/mol. The zero-order valence-electron chi connectivity index (χ0n) is 16.5. The maximum absolute atomic E-state index is 12.5. The largest absolute Gasteiger partial charge is 0.326 e. The number of amides is 1. The van der Waals surface area contributed by atoms with E-state index in [1.807, 2.05) is 24.3 Å². The van der Waals surface area contributed by atoms with E-state index in [9.17, 15) is 9.59 Å². The molecule has 1 aliphatic carbocycles. The summed E-state index contributed by atoms with van der Waals surface area (Å²) >= 11 is 0. The van der Waals surface area contributed by atoms with Crippen LogP contribution in [0.1, 0.15) is 24.0 Å². The molecule has 1 aliphatic rings. The molecule has 1 amide bonds. The molecule has 3 aromatic carbocycles. The normalized spacial score (nSPS) is 11.9. The van der Waals surface area contributed by atoms with Crippen molar-refractivity contribution in [2.45, 2.75) is 25.8 Å². The fraction of sp³-hybridized carbons (Fsp3) is 0.160. The molecule has 0 unspecified atom stereocenters. The average molecular weight is 395 g/mol. The van der Waals surface area contributed by atoms with Crippen molar-refractivity contribution in [2.24, 2.45) is 0 Å². The maximum Gasteiger partial charge on any atom is 0.261 e. The molecule has 0 radical (unpaired) electrons. The summed E-state index contributed by atoms with van der Waals surface area (Å²) in [5.41, 5.74) is 6.52. The third-order valence-electron chi connectivity index (χ3n) is 5.61. The van der Waals surface area contributed by atoms with Crippen LogP contribution in [0.15, 0.2) is 77.9 Å². The van der Waals surface area contributed by atoms with E-state index in [0.29, 0.717) is 30.3 Å². The molecule has 0 spiro atoms. The van der Waals surface area contributed by atoms with E-state index in [0.717, 1.165) is 12.1 Å². The summed E-state index contributed by atoms with van der Waals surface area (Å²) in [6.07, 6.45) is 3.37. The van der Waals surface area contributed by atoms with Crippen LogP contribution in [0, 0.1) is 0 Å². The van der Waals surface area contributed by atoms with Crippen LogP contribution in [-0.2, 0) is 17.8 Å². The Bertz CT molecular complexity index is 1320. The Kier molecular flexibility index (Phi) is 4.64. The van der Waals surface area contributed by atoms with Gasteiger partial charge in [0.2, 0.25) is 5.91 Å². The predicted octanol–water partition coefficient (Wildman–Crippen LogP) is 4.39. The van der Waals surface area contributed by atoms with Crippen LogP contribution in [0.25, 0.3) is 22.0 Å². The molecule has 0 saturated carbocycles. The number of carbonyl (C=O) groups is 1. The van der Waals surface area contributed by atoms with Gasteiger partial charge < -0.3 is 5.32 Å². The third kappa shape index (κ3) is 3.39. The molecular weight excluding hydrogens is 374 g/mol. The number of fused-ring (bicyclic) bond motifs is 4. The minimum absolute atomic E-state index is 0.0488. The number of rotatable bonds is 5. The molecule has 5 rings (SSSR count). The Morgan fingerprint density at radius 3 is 2.70 bits per heavy atom. The summed E-state index contributed by atoms with van der Waals surface area (Å²) in [4.78, 5) is 29.2. The lowest BCUT2D eigenvalue weighted by atomic mass is 10.1. The van der Waals surface area contributed by atoms with Gasteiger partial charge >= 0.3 is 0 Å². The molecule has 1 aromatic heterocycles. The molecule has 5 nitrogen and oxygen atoms in total.